The predicted octanol–water partition coefficient (Wildman–Crippen LogP) is 1.71. The molecule has 3 nitrogen and oxygen atoms in total. The van der Waals surface area contributed by atoms with E-state index < -0.39 is 0 Å². The van der Waals surface area contributed by atoms with Crippen LogP contribution < -0.4 is 5.32 Å². The van der Waals surface area contributed by atoms with Crippen molar-refractivity contribution < 1.29 is 9.47 Å². The van der Waals surface area contributed by atoms with Crippen LogP contribution in [0.2, 0.25) is 0 Å². The van der Waals surface area contributed by atoms with E-state index in [9.17, 15) is 0 Å². The zero-order valence-corrected chi connectivity index (χ0v) is 10.1. The molecule has 0 radical (unpaired) electrons. The molecule has 0 bridgehead atoms. The number of rotatable bonds is 1. The Morgan fingerprint density at radius 1 is 1.13 bits per heavy atom. The van der Waals surface area contributed by atoms with Crippen LogP contribution in [0.4, 0.5) is 0 Å². The summed E-state index contributed by atoms with van der Waals surface area (Å²) in [6, 6.07) is 0.622. The van der Waals surface area contributed by atoms with Crippen LogP contribution >= 0.6 is 0 Å². The van der Waals surface area contributed by atoms with Crippen LogP contribution in [0.15, 0.2) is 0 Å². The van der Waals surface area contributed by atoms with E-state index in [2.05, 4.69) is 26.2 Å². The minimum absolute atomic E-state index is 0.0863. The molecule has 3 heteroatoms. The van der Waals surface area contributed by atoms with Crippen LogP contribution in [0, 0.1) is 0 Å². The van der Waals surface area contributed by atoms with E-state index in [1.165, 1.54) is 0 Å². The van der Waals surface area contributed by atoms with Crippen molar-refractivity contribution in [2.24, 2.45) is 0 Å². The van der Waals surface area contributed by atoms with Gasteiger partial charge >= 0.3 is 0 Å². The van der Waals surface area contributed by atoms with Crippen molar-refractivity contribution in [3.8, 4) is 0 Å². The fourth-order valence-corrected chi connectivity index (χ4v) is 3.18. The maximum atomic E-state index is 6.06. The van der Waals surface area contributed by atoms with Gasteiger partial charge in [0.05, 0.1) is 17.8 Å². The van der Waals surface area contributed by atoms with Gasteiger partial charge in [0.1, 0.15) is 0 Å². The van der Waals surface area contributed by atoms with Crippen LogP contribution in [0.3, 0.4) is 0 Å². The van der Waals surface area contributed by atoms with Gasteiger partial charge < -0.3 is 14.8 Å². The summed E-state index contributed by atoms with van der Waals surface area (Å²) >= 11 is 0. The third-order valence-electron chi connectivity index (χ3n) is 3.68. The molecule has 1 N–H and O–H groups in total. The van der Waals surface area contributed by atoms with Crippen molar-refractivity contribution in [3.63, 3.8) is 0 Å². The average molecular weight is 213 g/mol. The number of nitrogens with one attached hydrogen (secondary N) is 1. The van der Waals surface area contributed by atoms with Crippen LogP contribution in [-0.4, -0.2) is 37.5 Å². The molecule has 88 valence electrons. The lowest BCUT2D eigenvalue weighted by atomic mass is 9.80. The Balaban J connectivity index is 2.04. The second kappa shape index (κ2) is 4.40. The van der Waals surface area contributed by atoms with Crippen LogP contribution in [0.25, 0.3) is 0 Å². The molecule has 2 rings (SSSR count). The van der Waals surface area contributed by atoms with E-state index >= 15 is 0 Å². The summed E-state index contributed by atoms with van der Waals surface area (Å²) in [5.41, 5.74) is 0.0863. The van der Waals surface area contributed by atoms with E-state index in [0.717, 1.165) is 32.3 Å². The molecule has 0 aliphatic carbocycles. The Kier molecular flexibility index (Phi) is 3.33. The molecule has 0 saturated carbocycles. The Hall–Kier alpha value is -0.120. The molecule has 2 saturated heterocycles. The highest BCUT2D eigenvalue weighted by atomic mass is 16.5. The molecule has 1 spiro atoms. The van der Waals surface area contributed by atoms with Gasteiger partial charge in [-0.25, -0.2) is 0 Å². The van der Waals surface area contributed by atoms with Crippen molar-refractivity contribution in [2.45, 2.75) is 63.4 Å². The van der Waals surface area contributed by atoms with Gasteiger partial charge in [0.15, 0.2) is 0 Å². The Morgan fingerprint density at radius 3 is 2.40 bits per heavy atom. The monoisotopic (exact) mass is 213 g/mol. The minimum atomic E-state index is 0.0863. The quantitative estimate of drug-likeness (QED) is 0.719. The lowest BCUT2D eigenvalue weighted by molar-refractivity contribution is -0.180. The molecule has 0 aromatic carbocycles. The molecule has 3 atom stereocenters. The van der Waals surface area contributed by atoms with Crippen molar-refractivity contribution in [1.29, 1.82) is 0 Å². The highest BCUT2D eigenvalue weighted by Gasteiger charge is 2.42. The number of ether oxygens (including phenoxy) is 2. The van der Waals surface area contributed by atoms with Gasteiger partial charge in [0.25, 0.3) is 0 Å². The van der Waals surface area contributed by atoms with Gasteiger partial charge in [0.2, 0.25) is 0 Å². The van der Waals surface area contributed by atoms with E-state index in [1.807, 2.05) is 0 Å². The van der Waals surface area contributed by atoms with Crippen molar-refractivity contribution >= 4 is 0 Å². The van der Waals surface area contributed by atoms with E-state index in [-0.39, 0.29) is 5.60 Å². The van der Waals surface area contributed by atoms with E-state index in [4.69, 9.17) is 9.47 Å². The van der Waals surface area contributed by atoms with E-state index in [0.29, 0.717) is 18.2 Å². The summed E-state index contributed by atoms with van der Waals surface area (Å²) in [6.45, 7) is 5.21. The fraction of sp³-hybridized carbons (Fsp3) is 1.00. The summed E-state index contributed by atoms with van der Waals surface area (Å²) in [7, 11) is 2.05. The third kappa shape index (κ3) is 2.52. The summed E-state index contributed by atoms with van der Waals surface area (Å²) in [5, 5.41) is 3.38. The lowest BCUT2D eigenvalue weighted by Crippen LogP contribution is -2.52. The smallest absolute Gasteiger partial charge is 0.0746 e. The maximum Gasteiger partial charge on any atom is 0.0746 e. The molecule has 2 fully saturated rings. The Bertz CT molecular complexity index is 210. The lowest BCUT2D eigenvalue weighted by Gasteiger charge is -2.47. The summed E-state index contributed by atoms with van der Waals surface area (Å²) < 4.78 is 11.8. The van der Waals surface area contributed by atoms with Gasteiger partial charge in [-0.05, 0) is 33.7 Å². The van der Waals surface area contributed by atoms with Crippen molar-refractivity contribution in [2.75, 3.05) is 13.7 Å². The third-order valence-corrected chi connectivity index (χ3v) is 3.68. The van der Waals surface area contributed by atoms with Crippen molar-refractivity contribution in [3.05, 3.63) is 0 Å². The molecule has 0 amide bonds. The van der Waals surface area contributed by atoms with Gasteiger partial charge in [0, 0.05) is 25.5 Å². The highest BCUT2D eigenvalue weighted by Crippen LogP contribution is 2.38. The topological polar surface area (TPSA) is 30.5 Å². The van der Waals surface area contributed by atoms with Gasteiger partial charge in [-0.3, -0.25) is 0 Å². The Labute approximate surface area is 92.5 Å². The largest absolute Gasteiger partial charge is 0.375 e. The minimum Gasteiger partial charge on any atom is -0.375 e. The normalized spacial score (nSPS) is 47.0. The molecule has 0 aromatic rings. The van der Waals surface area contributed by atoms with Gasteiger partial charge in [-0.1, -0.05) is 0 Å². The molecule has 2 heterocycles. The molecule has 2 aliphatic heterocycles. The SMILES string of the molecule is CNC1CCOC2(C1)CC(C)OC(C)C2. The molecule has 3 unspecified atom stereocenters. The standard InChI is InChI=1S/C12H23NO2/c1-9-6-12(7-10(2)15-9)8-11(13-3)4-5-14-12/h9-11,13H,4-8H2,1-3H3. The highest BCUT2D eigenvalue weighted by molar-refractivity contribution is 4.94. The second-order valence-electron chi connectivity index (χ2n) is 5.18. The zero-order valence-electron chi connectivity index (χ0n) is 10.1. The second-order valence-corrected chi connectivity index (χ2v) is 5.18. The molecule has 0 aromatic heterocycles. The molecular weight excluding hydrogens is 190 g/mol. The summed E-state index contributed by atoms with van der Waals surface area (Å²) in [6.07, 6.45) is 5.06. The summed E-state index contributed by atoms with van der Waals surface area (Å²) in [5.74, 6) is 0. The van der Waals surface area contributed by atoms with Crippen molar-refractivity contribution in [1.82, 2.24) is 5.32 Å². The molecule has 2 aliphatic rings. The first kappa shape index (κ1) is 11.4. The van der Waals surface area contributed by atoms with Crippen LogP contribution in [0.5, 0.6) is 0 Å². The van der Waals surface area contributed by atoms with Crippen LogP contribution in [0.1, 0.15) is 39.5 Å². The summed E-state index contributed by atoms with van der Waals surface area (Å²) in [4.78, 5) is 0. The first-order valence-electron chi connectivity index (χ1n) is 6.10. The first-order chi connectivity index (χ1) is 7.13. The molecular formula is C12H23NO2. The van der Waals surface area contributed by atoms with Crippen LogP contribution in [-0.2, 0) is 9.47 Å². The van der Waals surface area contributed by atoms with Gasteiger partial charge in [-0.15, -0.1) is 0 Å². The Morgan fingerprint density at radius 2 is 1.80 bits per heavy atom. The maximum absolute atomic E-state index is 6.06. The van der Waals surface area contributed by atoms with Gasteiger partial charge in [-0.2, -0.15) is 0 Å². The van der Waals surface area contributed by atoms with E-state index in [1.54, 1.807) is 0 Å². The average Bonchev–Trinajstić information content (AvgIpc) is 2.15. The first-order valence-corrected chi connectivity index (χ1v) is 6.10. The predicted molar refractivity (Wildman–Crippen MR) is 60.0 cm³/mol. The fourth-order valence-electron chi connectivity index (χ4n) is 3.18. The number of hydrogen-bond donors (Lipinski definition) is 1. The number of hydrogen-bond acceptors (Lipinski definition) is 3. The zero-order chi connectivity index (χ0) is 10.9. The molecule has 15 heavy (non-hydrogen) atoms.